The van der Waals surface area contributed by atoms with Gasteiger partial charge in [-0.2, -0.15) is 0 Å². The molecule has 138 valence electrons. The third kappa shape index (κ3) is 10.8. The molecule has 2 atom stereocenters. The SMILES string of the molecule is CCC.CCC(C)C(=O)NC.CNC(=O)C1=C(C)N=CC(C)C=C1. The van der Waals surface area contributed by atoms with Crippen molar-refractivity contribution in [2.24, 2.45) is 16.8 Å². The molecule has 0 radical (unpaired) electrons. The van der Waals surface area contributed by atoms with Crippen LogP contribution in [0, 0.1) is 11.8 Å². The molecule has 2 unspecified atom stereocenters. The van der Waals surface area contributed by atoms with Crippen molar-refractivity contribution in [3.05, 3.63) is 23.4 Å². The number of rotatable bonds is 3. The van der Waals surface area contributed by atoms with Crippen molar-refractivity contribution in [3.8, 4) is 0 Å². The molecule has 0 aromatic carbocycles. The molecule has 1 rings (SSSR count). The smallest absolute Gasteiger partial charge is 0.252 e. The largest absolute Gasteiger partial charge is 0.359 e. The molecule has 1 heterocycles. The Bertz CT molecular complexity index is 465. The monoisotopic (exact) mass is 337 g/mol. The van der Waals surface area contributed by atoms with Crippen molar-refractivity contribution in [2.75, 3.05) is 14.1 Å². The van der Waals surface area contributed by atoms with E-state index in [1.807, 2.05) is 46.1 Å². The van der Waals surface area contributed by atoms with Gasteiger partial charge in [0.2, 0.25) is 5.91 Å². The fourth-order valence-corrected chi connectivity index (χ4v) is 1.52. The molecule has 0 spiro atoms. The number of carbonyl (C=O) groups is 2. The van der Waals surface area contributed by atoms with Crippen molar-refractivity contribution < 1.29 is 9.59 Å². The van der Waals surface area contributed by atoms with Crippen LogP contribution < -0.4 is 10.6 Å². The van der Waals surface area contributed by atoms with Gasteiger partial charge < -0.3 is 10.6 Å². The van der Waals surface area contributed by atoms with Gasteiger partial charge in [-0.25, -0.2) is 0 Å². The minimum absolute atomic E-state index is 0.0833. The van der Waals surface area contributed by atoms with Crippen LogP contribution in [-0.2, 0) is 9.59 Å². The molecule has 5 nitrogen and oxygen atoms in total. The first-order chi connectivity index (χ1) is 11.3. The number of hydrogen-bond donors (Lipinski definition) is 2. The van der Waals surface area contributed by atoms with Crippen LogP contribution in [-0.4, -0.2) is 32.1 Å². The average molecular weight is 338 g/mol. The summed E-state index contributed by atoms with van der Waals surface area (Å²) in [5, 5.41) is 5.16. The van der Waals surface area contributed by atoms with Crippen LogP contribution in [0.3, 0.4) is 0 Å². The first-order valence-corrected chi connectivity index (χ1v) is 8.65. The highest BCUT2D eigenvalue weighted by molar-refractivity contribution is 5.97. The Kier molecular flexibility index (Phi) is 14.9. The number of likely N-dealkylation sites (N-methyl/N-ethyl adjacent to an activating group) is 1. The van der Waals surface area contributed by atoms with Gasteiger partial charge >= 0.3 is 0 Å². The van der Waals surface area contributed by atoms with Crippen LogP contribution in [0.4, 0.5) is 0 Å². The predicted molar refractivity (Wildman–Crippen MR) is 103 cm³/mol. The summed E-state index contributed by atoms with van der Waals surface area (Å²) in [4.78, 5) is 26.2. The fourth-order valence-electron chi connectivity index (χ4n) is 1.52. The van der Waals surface area contributed by atoms with Gasteiger partial charge in [0, 0.05) is 37.8 Å². The molecule has 0 aliphatic carbocycles. The predicted octanol–water partition coefficient (Wildman–Crippen LogP) is 3.48. The normalized spacial score (nSPS) is 16.8. The molecule has 0 aromatic rings. The maximum absolute atomic E-state index is 11.3. The van der Waals surface area contributed by atoms with Gasteiger partial charge in [0.25, 0.3) is 5.91 Å². The highest BCUT2D eigenvalue weighted by atomic mass is 16.2. The van der Waals surface area contributed by atoms with E-state index in [-0.39, 0.29) is 23.7 Å². The third-order valence-electron chi connectivity index (χ3n) is 3.24. The summed E-state index contributed by atoms with van der Waals surface area (Å²) in [6, 6.07) is 0. The lowest BCUT2D eigenvalue weighted by Gasteiger charge is -2.03. The first-order valence-electron chi connectivity index (χ1n) is 8.65. The van der Waals surface area contributed by atoms with Gasteiger partial charge in [0.05, 0.1) is 5.57 Å². The van der Waals surface area contributed by atoms with E-state index in [0.29, 0.717) is 5.57 Å². The summed E-state index contributed by atoms with van der Waals surface area (Å²) < 4.78 is 0. The van der Waals surface area contributed by atoms with Crippen LogP contribution in [0.1, 0.15) is 54.4 Å². The highest BCUT2D eigenvalue weighted by Gasteiger charge is 2.10. The number of nitrogens with zero attached hydrogens (tertiary/aromatic N) is 1. The van der Waals surface area contributed by atoms with E-state index in [1.54, 1.807) is 14.1 Å². The van der Waals surface area contributed by atoms with E-state index >= 15 is 0 Å². The summed E-state index contributed by atoms with van der Waals surface area (Å²) >= 11 is 0. The number of aliphatic imine (C=N–C) groups is 1. The Labute approximate surface area is 147 Å². The van der Waals surface area contributed by atoms with Gasteiger partial charge in [0.15, 0.2) is 0 Å². The van der Waals surface area contributed by atoms with E-state index < -0.39 is 0 Å². The van der Waals surface area contributed by atoms with Crippen LogP contribution in [0.2, 0.25) is 0 Å². The molecule has 1 aliphatic rings. The molecule has 2 amide bonds. The van der Waals surface area contributed by atoms with Crippen molar-refractivity contribution in [1.29, 1.82) is 0 Å². The van der Waals surface area contributed by atoms with Gasteiger partial charge in [-0.15, -0.1) is 0 Å². The molecular formula is C19H35N3O2. The maximum atomic E-state index is 11.3. The quantitative estimate of drug-likeness (QED) is 0.827. The summed E-state index contributed by atoms with van der Waals surface area (Å²) in [5.74, 6) is 0.504. The number of amides is 2. The Hall–Kier alpha value is -1.91. The van der Waals surface area contributed by atoms with Crippen molar-refractivity contribution in [1.82, 2.24) is 10.6 Å². The van der Waals surface area contributed by atoms with Crippen molar-refractivity contribution >= 4 is 18.0 Å². The topological polar surface area (TPSA) is 70.6 Å². The molecule has 0 fully saturated rings. The lowest BCUT2D eigenvalue weighted by Crippen LogP contribution is -2.24. The Morgan fingerprint density at radius 3 is 2.12 bits per heavy atom. The molecule has 1 aliphatic heterocycles. The summed E-state index contributed by atoms with van der Waals surface area (Å²) in [5.41, 5.74) is 1.41. The number of carbonyl (C=O) groups excluding carboxylic acids is 2. The standard InChI is InChI=1S/C10H14N2O.C6H13NO.C3H8/c1-7-4-5-9(10(13)11-3)8(2)12-6-7;1-4-5(2)6(8)7-3;1-3-2/h4-7H,1-3H3,(H,11,13);5H,4H2,1-3H3,(H,7,8);3H2,1-2H3. The maximum Gasteiger partial charge on any atom is 0.252 e. The molecule has 0 bridgehead atoms. The van der Waals surface area contributed by atoms with Gasteiger partial charge in [0.1, 0.15) is 0 Å². The second-order valence-corrected chi connectivity index (χ2v) is 5.71. The summed E-state index contributed by atoms with van der Waals surface area (Å²) in [7, 11) is 3.28. The van der Waals surface area contributed by atoms with E-state index in [0.717, 1.165) is 12.1 Å². The first kappa shape index (κ1) is 24.3. The van der Waals surface area contributed by atoms with Crippen molar-refractivity contribution in [3.63, 3.8) is 0 Å². The van der Waals surface area contributed by atoms with Crippen LogP contribution in [0.5, 0.6) is 0 Å². The third-order valence-corrected chi connectivity index (χ3v) is 3.24. The van der Waals surface area contributed by atoms with Crippen LogP contribution >= 0.6 is 0 Å². The molecule has 5 heteroatoms. The number of allylic oxidation sites excluding steroid dienone is 2. The minimum Gasteiger partial charge on any atom is -0.359 e. The summed E-state index contributed by atoms with van der Waals surface area (Å²) in [6.07, 6.45) is 7.79. The zero-order valence-corrected chi connectivity index (χ0v) is 16.6. The Balaban J connectivity index is 0. The molecule has 2 N–H and O–H groups in total. The van der Waals surface area contributed by atoms with E-state index in [1.165, 1.54) is 6.42 Å². The fraction of sp³-hybridized carbons (Fsp3) is 0.632. The number of hydrogen-bond acceptors (Lipinski definition) is 3. The van der Waals surface area contributed by atoms with Crippen LogP contribution in [0.15, 0.2) is 28.4 Å². The molecule has 0 aromatic heterocycles. The number of nitrogens with one attached hydrogen (secondary N) is 2. The summed E-state index contributed by atoms with van der Waals surface area (Å²) in [6.45, 7) is 12.0. The minimum atomic E-state index is -0.0833. The average Bonchev–Trinajstić information content (AvgIpc) is 2.75. The van der Waals surface area contributed by atoms with E-state index in [9.17, 15) is 9.59 Å². The molecule has 0 saturated heterocycles. The highest BCUT2D eigenvalue weighted by Crippen LogP contribution is 2.12. The van der Waals surface area contributed by atoms with Crippen LogP contribution in [0.25, 0.3) is 0 Å². The zero-order valence-electron chi connectivity index (χ0n) is 16.6. The van der Waals surface area contributed by atoms with E-state index in [2.05, 4.69) is 29.5 Å². The second kappa shape index (κ2) is 14.7. The molecular weight excluding hydrogens is 302 g/mol. The van der Waals surface area contributed by atoms with Crippen molar-refractivity contribution in [2.45, 2.75) is 54.4 Å². The van der Waals surface area contributed by atoms with E-state index in [4.69, 9.17) is 0 Å². The lowest BCUT2D eigenvalue weighted by molar-refractivity contribution is -0.124. The molecule has 24 heavy (non-hydrogen) atoms. The Morgan fingerprint density at radius 1 is 1.21 bits per heavy atom. The zero-order chi connectivity index (χ0) is 19.1. The van der Waals surface area contributed by atoms with Gasteiger partial charge in [-0.1, -0.05) is 53.2 Å². The Morgan fingerprint density at radius 2 is 1.75 bits per heavy atom. The molecule has 0 saturated carbocycles. The van der Waals surface area contributed by atoms with Gasteiger partial charge in [-0.05, 0) is 13.3 Å². The second-order valence-electron chi connectivity index (χ2n) is 5.71. The van der Waals surface area contributed by atoms with Gasteiger partial charge in [-0.3, -0.25) is 14.6 Å². The lowest BCUT2D eigenvalue weighted by atomic mass is 10.1.